The monoisotopic (exact) mass is 148 g/mol. The van der Waals surface area contributed by atoms with Crippen LogP contribution in [-0.4, -0.2) is 36.7 Å². The molecule has 0 aromatic carbocycles. The highest BCUT2D eigenvalue weighted by Crippen LogP contribution is 2.10. The highest BCUT2D eigenvalue weighted by molar-refractivity contribution is 5.98. The third kappa shape index (κ3) is 0.984. The van der Waals surface area contributed by atoms with Crippen molar-refractivity contribution in [2.45, 2.75) is 0 Å². The Hall–Kier alpha value is -1.37. The van der Waals surface area contributed by atoms with Crippen LogP contribution in [0.5, 0.6) is 0 Å². The fourth-order valence-electron chi connectivity index (χ4n) is 1.26. The van der Waals surface area contributed by atoms with Crippen molar-refractivity contribution in [2.75, 3.05) is 19.6 Å². The molecule has 56 valence electrons. The van der Waals surface area contributed by atoms with E-state index in [2.05, 4.69) is 16.1 Å². The van der Waals surface area contributed by atoms with Crippen molar-refractivity contribution in [1.29, 1.82) is 5.26 Å². The van der Waals surface area contributed by atoms with E-state index in [9.17, 15) is 0 Å². The molecule has 0 aliphatic carbocycles. The van der Waals surface area contributed by atoms with E-state index in [0.717, 1.165) is 12.4 Å². The van der Waals surface area contributed by atoms with E-state index in [-0.39, 0.29) is 5.92 Å². The lowest BCUT2D eigenvalue weighted by Gasteiger charge is -2.22. The van der Waals surface area contributed by atoms with Crippen molar-refractivity contribution in [1.82, 2.24) is 4.90 Å². The zero-order chi connectivity index (χ0) is 7.68. The number of amidine groups is 1. The number of rotatable bonds is 0. The summed E-state index contributed by atoms with van der Waals surface area (Å²) in [5, 5.41) is 8.62. The second-order valence-electron chi connectivity index (χ2n) is 2.69. The average Bonchev–Trinajstić information content (AvgIpc) is 2.50. The van der Waals surface area contributed by atoms with E-state index in [4.69, 9.17) is 5.26 Å². The molecule has 0 aromatic heterocycles. The van der Waals surface area contributed by atoms with Crippen molar-refractivity contribution in [2.24, 2.45) is 15.9 Å². The number of aliphatic imine (C=N–C) groups is 2. The first-order chi connectivity index (χ1) is 5.40. The number of hydrogen-bond acceptors (Lipinski definition) is 4. The lowest BCUT2D eigenvalue weighted by atomic mass is 10.1. The van der Waals surface area contributed by atoms with Crippen molar-refractivity contribution in [3.63, 3.8) is 0 Å². The largest absolute Gasteiger partial charge is 0.318 e. The van der Waals surface area contributed by atoms with Gasteiger partial charge in [0.1, 0.15) is 5.84 Å². The van der Waals surface area contributed by atoms with Crippen LogP contribution in [0.4, 0.5) is 0 Å². The molecule has 0 saturated carbocycles. The second kappa shape index (κ2) is 2.35. The summed E-state index contributed by atoms with van der Waals surface area (Å²) in [5.41, 5.74) is 0. The molecule has 2 rings (SSSR count). The van der Waals surface area contributed by atoms with Gasteiger partial charge in [-0.05, 0) is 0 Å². The van der Waals surface area contributed by atoms with Gasteiger partial charge in [0, 0.05) is 6.54 Å². The molecule has 0 amide bonds. The Balaban J connectivity index is 2.16. The molecule has 1 atom stereocenters. The van der Waals surface area contributed by atoms with Gasteiger partial charge in [0.2, 0.25) is 0 Å². The SMILES string of the molecule is N#CC1CN=C2CN=CN2C1. The van der Waals surface area contributed by atoms with Crippen LogP contribution in [0.2, 0.25) is 0 Å². The van der Waals surface area contributed by atoms with Crippen molar-refractivity contribution in [3.8, 4) is 6.07 Å². The average molecular weight is 148 g/mol. The van der Waals surface area contributed by atoms with Crippen LogP contribution in [0.25, 0.3) is 0 Å². The molecule has 2 aliphatic rings. The quantitative estimate of drug-likeness (QED) is 0.481. The molecule has 2 heterocycles. The molecule has 0 fully saturated rings. The number of fused-ring (bicyclic) bond motifs is 1. The minimum atomic E-state index is 0.0447. The molecule has 0 N–H and O–H groups in total. The van der Waals surface area contributed by atoms with E-state index < -0.39 is 0 Å². The van der Waals surface area contributed by atoms with E-state index in [1.807, 2.05) is 4.90 Å². The molecule has 2 aliphatic heterocycles. The van der Waals surface area contributed by atoms with Gasteiger partial charge in [-0.2, -0.15) is 5.26 Å². The molecule has 0 aromatic rings. The summed E-state index contributed by atoms with van der Waals surface area (Å²) in [6.45, 7) is 2.10. The van der Waals surface area contributed by atoms with E-state index in [1.54, 1.807) is 6.34 Å². The Bertz CT molecular complexity index is 260. The lowest BCUT2D eigenvalue weighted by Crippen LogP contribution is -2.36. The molecule has 11 heavy (non-hydrogen) atoms. The van der Waals surface area contributed by atoms with Crippen LogP contribution in [0, 0.1) is 17.2 Å². The van der Waals surface area contributed by atoms with Gasteiger partial charge < -0.3 is 4.90 Å². The fourth-order valence-corrected chi connectivity index (χ4v) is 1.26. The van der Waals surface area contributed by atoms with Crippen LogP contribution >= 0.6 is 0 Å². The Morgan fingerprint density at radius 2 is 2.64 bits per heavy atom. The predicted molar refractivity (Wildman–Crippen MR) is 41.5 cm³/mol. The van der Waals surface area contributed by atoms with Gasteiger partial charge in [0.15, 0.2) is 0 Å². The van der Waals surface area contributed by atoms with E-state index in [0.29, 0.717) is 13.1 Å². The first kappa shape index (κ1) is 6.35. The molecule has 0 bridgehead atoms. The first-order valence-corrected chi connectivity index (χ1v) is 3.59. The molecule has 4 heteroatoms. The standard InChI is InChI=1S/C7H8N4/c8-1-6-2-10-7-3-9-5-11(7)4-6/h5-6H,2-4H2. The van der Waals surface area contributed by atoms with Crippen LogP contribution in [-0.2, 0) is 0 Å². The van der Waals surface area contributed by atoms with Crippen LogP contribution in [0.1, 0.15) is 0 Å². The Labute approximate surface area is 64.9 Å². The molecule has 0 saturated heterocycles. The Morgan fingerprint density at radius 3 is 3.45 bits per heavy atom. The maximum atomic E-state index is 8.62. The molecular weight excluding hydrogens is 140 g/mol. The number of nitriles is 1. The topological polar surface area (TPSA) is 51.8 Å². The Kier molecular flexibility index (Phi) is 1.35. The minimum Gasteiger partial charge on any atom is -0.318 e. The summed E-state index contributed by atoms with van der Waals surface area (Å²) in [7, 11) is 0. The van der Waals surface area contributed by atoms with Crippen molar-refractivity contribution in [3.05, 3.63) is 0 Å². The lowest BCUT2D eigenvalue weighted by molar-refractivity contribution is 0.492. The smallest absolute Gasteiger partial charge is 0.126 e. The van der Waals surface area contributed by atoms with Gasteiger partial charge in [0.05, 0.1) is 31.4 Å². The zero-order valence-electron chi connectivity index (χ0n) is 6.06. The second-order valence-corrected chi connectivity index (χ2v) is 2.69. The van der Waals surface area contributed by atoms with E-state index >= 15 is 0 Å². The van der Waals surface area contributed by atoms with Crippen molar-refractivity contribution < 1.29 is 0 Å². The molecular formula is C7H8N4. The third-order valence-corrected chi connectivity index (χ3v) is 1.88. The Morgan fingerprint density at radius 1 is 1.73 bits per heavy atom. The van der Waals surface area contributed by atoms with Gasteiger partial charge in [-0.3, -0.25) is 9.98 Å². The summed E-state index contributed by atoms with van der Waals surface area (Å²) in [6.07, 6.45) is 1.77. The normalized spacial score (nSPS) is 27.7. The third-order valence-electron chi connectivity index (χ3n) is 1.88. The molecule has 1 unspecified atom stereocenters. The maximum absolute atomic E-state index is 8.62. The van der Waals surface area contributed by atoms with Crippen LogP contribution < -0.4 is 0 Å². The highest BCUT2D eigenvalue weighted by Gasteiger charge is 2.23. The summed E-state index contributed by atoms with van der Waals surface area (Å²) in [5.74, 6) is 1.06. The van der Waals surface area contributed by atoms with Crippen LogP contribution in [0.15, 0.2) is 9.98 Å². The number of nitrogens with zero attached hydrogens (tertiary/aromatic N) is 4. The van der Waals surface area contributed by atoms with Gasteiger partial charge in [0.25, 0.3) is 0 Å². The van der Waals surface area contributed by atoms with Gasteiger partial charge in [-0.15, -0.1) is 0 Å². The zero-order valence-corrected chi connectivity index (χ0v) is 6.06. The van der Waals surface area contributed by atoms with Gasteiger partial charge >= 0.3 is 0 Å². The number of hydrogen-bond donors (Lipinski definition) is 0. The van der Waals surface area contributed by atoms with Crippen molar-refractivity contribution >= 4 is 12.2 Å². The van der Waals surface area contributed by atoms with Crippen LogP contribution in [0.3, 0.4) is 0 Å². The molecule has 4 nitrogen and oxygen atoms in total. The fraction of sp³-hybridized carbons (Fsp3) is 0.571. The molecule has 0 spiro atoms. The summed E-state index contributed by atoms with van der Waals surface area (Å²) in [4.78, 5) is 10.3. The van der Waals surface area contributed by atoms with Gasteiger partial charge in [-0.1, -0.05) is 0 Å². The predicted octanol–water partition coefficient (Wildman–Crippen LogP) is -0.118. The van der Waals surface area contributed by atoms with E-state index in [1.165, 1.54) is 0 Å². The molecule has 0 radical (unpaired) electrons. The van der Waals surface area contributed by atoms with Gasteiger partial charge in [-0.25, -0.2) is 0 Å². The highest BCUT2D eigenvalue weighted by atomic mass is 15.3. The first-order valence-electron chi connectivity index (χ1n) is 3.59. The minimum absolute atomic E-state index is 0.0447. The summed E-state index contributed by atoms with van der Waals surface area (Å²) >= 11 is 0. The maximum Gasteiger partial charge on any atom is 0.126 e. The summed E-state index contributed by atoms with van der Waals surface area (Å²) < 4.78 is 0. The summed E-state index contributed by atoms with van der Waals surface area (Å²) in [6, 6.07) is 2.21.